The molecule has 0 aromatic rings. The van der Waals surface area contributed by atoms with Crippen LogP contribution < -0.4 is 11.1 Å². The topological polar surface area (TPSA) is 93.9 Å². The third-order valence-corrected chi connectivity index (χ3v) is 3.39. The highest BCUT2D eigenvalue weighted by molar-refractivity contribution is 5.90. The normalized spacial score (nSPS) is 17.6. The summed E-state index contributed by atoms with van der Waals surface area (Å²) in [6.45, 7) is 2.13. The van der Waals surface area contributed by atoms with E-state index >= 15 is 0 Å². The first-order valence-electron chi connectivity index (χ1n) is 6.87. The first-order chi connectivity index (χ1) is 9.49. The molecule has 0 radical (unpaired) electrons. The predicted molar refractivity (Wildman–Crippen MR) is 74.1 cm³/mol. The van der Waals surface area contributed by atoms with Gasteiger partial charge in [-0.3, -0.25) is 9.59 Å². The first kappa shape index (κ1) is 16.9. The lowest BCUT2D eigenvalue weighted by Gasteiger charge is -2.35. The lowest BCUT2D eigenvalue weighted by Crippen LogP contribution is -2.58. The number of ether oxygens (including phenoxy) is 2. The van der Waals surface area contributed by atoms with Gasteiger partial charge in [-0.15, -0.1) is 0 Å². The van der Waals surface area contributed by atoms with E-state index in [1.54, 1.807) is 14.2 Å². The van der Waals surface area contributed by atoms with Crippen LogP contribution in [0.4, 0.5) is 0 Å². The van der Waals surface area contributed by atoms with Crippen molar-refractivity contribution in [1.82, 2.24) is 10.2 Å². The van der Waals surface area contributed by atoms with Crippen molar-refractivity contribution in [2.24, 2.45) is 5.73 Å². The molecule has 1 saturated heterocycles. The Bertz CT molecular complexity index is 330. The summed E-state index contributed by atoms with van der Waals surface area (Å²) in [5.41, 5.74) is 5.20. The van der Waals surface area contributed by atoms with Crippen LogP contribution in [0.2, 0.25) is 0 Å². The average Bonchev–Trinajstić information content (AvgIpc) is 2.43. The Hall–Kier alpha value is -1.18. The van der Waals surface area contributed by atoms with Crippen molar-refractivity contribution in [3.63, 3.8) is 0 Å². The molecule has 20 heavy (non-hydrogen) atoms. The number of nitrogens with one attached hydrogen (secondary N) is 1. The van der Waals surface area contributed by atoms with Crippen molar-refractivity contribution in [2.75, 3.05) is 47.1 Å². The Morgan fingerprint density at radius 1 is 1.40 bits per heavy atom. The molecule has 0 spiro atoms. The zero-order chi connectivity index (χ0) is 15.0. The molecular formula is C13H25N3O4. The Labute approximate surface area is 119 Å². The van der Waals surface area contributed by atoms with Gasteiger partial charge in [0.1, 0.15) is 0 Å². The maximum atomic E-state index is 12.3. The van der Waals surface area contributed by atoms with Crippen LogP contribution in [0, 0.1) is 0 Å². The predicted octanol–water partition coefficient (Wildman–Crippen LogP) is -0.895. The summed E-state index contributed by atoms with van der Waals surface area (Å²) in [5.74, 6) is -0.388. The number of methoxy groups -OCH3 is 1. The minimum Gasteiger partial charge on any atom is -0.385 e. The second-order valence-corrected chi connectivity index (χ2v) is 5.13. The second-order valence-electron chi connectivity index (χ2n) is 5.13. The van der Waals surface area contributed by atoms with Crippen molar-refractivity contribution >= 4 is 11.8 Å². The monoisotopic (exact) mass is 287 g/mol. The SMILES string of the molecule is COCCCNC(=O)CN(C)C(=O)C1(N)CCOCC1. The Morgan fingerprint density at radius 3 is 2.65 bits per heavy atom. The summed E-state index contributed by atoms with van der Waals surface area (Å²) in [6, 6.07) is 0. The zero-order valence-electron chi connectivity index (χ0n) is 12.3. The largest absolute Gasteiger partial charge is 0.385 e. The van der Waals surface area contributed by atoms with E-state index < -0.39 is 5.54 Å². The third-order valence-electron chi connectivity index (χ3n) is 3.39. The molecule has 1 rings (SSSR count). The van der Waals surface area contributed by atoms with Crippen LogP contribution in [0.3, 0.4) is 0 Å². The van der Waals surface area contributed by atoms with Gasteiger partial charge in [0.05, 0.1) is 12.1 Å². The van der Waals surface area contributed by atoms with Gasteiger partial charge >= 0.3 is 0 Å². The summed E-state index contributed by atoms with van der Waals surface area (Å²) < 4.78 is 10.1. The molecule has 3 N–H and O–H groups in total. The van der Waals surface area contributed by atoms with E-state index in [4.69, 9.17) is 15.2 Å². The highest BCUT2D eigenvalue weighted by Crippen LogP contribution is 2.19. The Kier molecular flexibility index (Phi) is 6.90. The molecule has 0 bridgehead atoms. The van der Waals surface area contributed by atoms with Crippen LogP contribution in [-0.4, -0.2) is 69.3 Å². The van der Waals surface area contributed by atoms with Crippen molar-refractivity contribution < 1.29 is 19.1 Å². The smallest absolute Gasteiger partial charge is 0.243 e. The minimum absolute atomic E-state index is 0.0195. The molecule has 2 amide bonds. The molecule has 7 heteroatoms. The van der Waals surface area contributed by atoms with E-state index in [2.05, 4.69) is 5.32 Å². The zero-order valence-corrected chi connectivity index (χ0v) is 12.3. The van der Waals surface area contributed by atoms with Crippen molar-refractivity contribution in [3.05, 3.63) is 0 Å². The van der Waals surface area contributed by atoms with E-state index in [-0.39, 0.29) is 18.4 Å². The van der Waals surface area contributed by atoms with Crippen LogP contribution in [0.5, 0.6) is 0 Å². The third kappa shape index (κ3) is 5.07. The molecule has 0 saturated carbocycles. The molecule has 0 aliphatic carbocycles. The molecular weight excluding hydrogens is 262 g/mol. The second kappa shape index (κ2) is 8.18. The van der Waals surface area contributed by atoms with Gasteiger partial charge in [0, 0.05) is 40.5 Å². The fraction of sp³-hybridized carbons (Fsp3) is 0.846. The summed E-state index contributed by atoms with van der Waals surface area (Å²) in [5, 5.41) is 2.74. The quantitative estimate of drug-likeness (QED) is 0.592. The lowest BCUT2D eigenvalue weighted by atomic mass is 9.90. The van der Waals surface area contributed by atoms with Gasteiger partial charge in [-0.2, -0.15) is 0 Å². The highest BCUT2D eigenvalue weighted by atomic mass is 16.5. The van der Waals surface area contributed by atoms with Crippen molar-refractivity contribution in [2.45, 2.75) is 24.8 Å². The fourth-order valence-electron chi connectivity index (χ4n) is 2.12. The minimum atomic E-state index is -0.899. The highest BCUT2D eigenvalue weighted by Gasteiger charge is 2.38. The number of carbonyl (C=O) groups excluding carboxylic acids is 2. The number of rotatable bonds is 7. The van der Waals surface area contributed by atoms with Gasteiger partial charge in [0.25, 0.3) is 0 Å². The Balaban J connectivity index is 2.35. The fourth-order valence-corrected chi connectivity index (χ4v) is 2.12. The maximum absolute atomic E-state index is 12.3. The number of likely N-dealkylation sites (N-methyl/N-ethyl adjacent to an activating group) is 1. The Morgan fingerprint density at radius 2 is 2.05 bits per heavy atom. The van der Waals surface area contributed by atoms with E-state index in [1.165, 1.54) is 4.90 Å². The molecule has 0 aromatic carbocycles. The van der Waals surface area contributed by atoms with Crippen molar-refractivity contribution in [1.29, 1.82) is 0 Å². The lowest BCUT2D eigenvalue weighted by molar-refractivity contribution is -0.142. The van der Waals surface area contributed by atoms with Crippen molar-refractivity contribution in [3.8, 4) is 0 Å². The van der Waals surface area contributed by atoms with Gasteiger partial charge in [-0.25, -0.2) is 0 Å². The maximum Gasteiger partial charge on any atom is 0.243 e. The first-order valence-corrected chi connectivity index (χ1v) is 6.87. The van der Waals surface area contributed by atoms with Gasteiger partial charge in [0.15, 0.2) is 0 Å². The number of amides is 2. The molecule has 1 heterocycles. The number of nitrogens with zero attached hydrogens (tertiary/aromatic N) is 1. The summed E-state index contributed by atoms with van der Waals surface area (Å²) in [6.07, 6.45) is 1.73. The van der Waals surface area contributed by atoms with Crippen LogP contribution >= 0.6 is 0 Å². The molecule has 1 aliphatic heterocycles. The van der Waals surface area contributed by atoms with Gasteiger partial charge in [-0.05, 0) is 19.3 Å². The summed E-state index contributed by atoms with van der Waals surface area (Å²) >= 11 is 0. The van der Waals surface area contributed by atoms with Crippen LogP contribution in [0.25, 0.3) is 0 Å². The van der Waals surface area contributed by atoms with Crippen LogP contribution in [0.15, 0.2) is 0 Å². The van der Waals surface area contributed by atoms with Crippen LogP contribution in [0.1, 0.15) is 19.3 Å². The van der Waals surface area contributed by atoms with Gasteiger partial charge in [0.2, 0.25) is 11.8 Å². The molecule has 1 fully saturated rings. The van der Waals surface area contributed by atoms with E-state index in [0.29, 0.717) is 39.2 Å². The molecule has 1 aliphatic rings. The molecule has 0 aromatic heterocycles. The molecule has 116 valence electrons. The average molecular weight is 287 g/mol. The molecule has 0 atom stereocenters. The van der Waals surface area contributed by atoms with E-state index in [1.807, 2.05) is 0 Å². The standard InChI is InChI=1S/C13H25N3O4/c1-16(10-11(17)15-6-3-7-19-2)12(18)13(14)4-8-20-9-5-13/h3-10,14H2,1-2H3,(H,15,17). The number of hydrogen-bond acceptors (Lipinski definition) is 5. The van der Waals surface area contributed by atoms with E-state index in [9.17, 15) is 9.59 Å². The number of nitrogens with two attached hydrogens (primary N) is 1. The van der Waals surface area contributed by atoms with Crippen LogP contribution in [-0.2, 0) is 19.1 Å². The van der Waals surface area contributed by atoms with Gasteiger partial charge in [-0.1, -0.05) is 0 Å². The summed E-state index contributed by atoms with van der Waals surface area (Å²) in [7, 11) is 3.21. The number of hydrogen-bond donors (Lipinski definition) is 2. The summed E-state index contributed by atoms with van der Waals surface area (Å²) in [4.78, 5) is 25.4. The number of carbonyl (C=O) groups is 2. The van der Waals surface area contributed by atoms with Gasteiger partial charge < -0.3 is 25.4 Å². The molecule has 0 unspecified atom stereocenters. The molecule has 7 nitrogen and oxygen atoms in total. The van der Waals surface area contributed by atoms with E-state index in [0.717, 1.165) is 6.42 Å².